The predicted molar refractivity (Wildman–Crippen MR) is 81.3 cm³/mol. The zero-order valence-corrected chi connectivity index (χ0v) is 13.1. The maximum absolute atomic E-state index is 11.9. The minimum atomic E-state index is -0.683. The van der Waals surface area contributed by atoms with Crippen LogP contribution in [0.4, 0.5) is 10.5 Å². The SMILES string of the molecule is CC(C)(C)OC(=O)NCCNC(=O)c1cc([N+](=O)[O-])ccc1O. The van der Waals surface area contributed by atoms with E-state index < -0.39 is 22.5 Å². The Balaban J connectivity index is 2.50. The molecule has 23 heavy (non-hydrogen) atoms. The number of phenols is 1. The highest BCUT2D eigenvalue weighted by Crippen LogP contribution is 2.22. The molecular formula is C14H19N3O6. The summed E-state index contributed by atoms with van der Waals surface area (Å²) < 4.78 is 5.01. The Bertz CT molecular complexity index is 609. The Morgan fingerprint density at radius 1 is 1.26 bits per heavy atom. The maximum Gasteiger partial charge on any atom is 0.407 e. The molecule has 0 aromatic heterocycles. The highest BCUT2D eigenvalue weighted by molar-refractivity contribution is 5.97. The van der Waals surface area contributed by atoms with Gasteiger partial charge in [-0.1, -0.05) is 0 Å². The number of non-ortho nitro benzene ring substituents is 1. The Morgan fingerprint density at radius 3 is 2.43 bits per heavy atom. The van der Waals surface area contributed by atoms with Gasteiger partial charge in [0, 0.05) is 25.2 Å². The number of benzene rings is 1. The number of carbonyl (C=O) groups is 2. The molecule has 0 aliphatic carbocycles. The van der Waals surface area contributed by atoms with Crippen LogP contribution in [0.3, 0.4) is 0 Å². The number of amides is 2. The van der Waals surface area contributed by atoms with Crippen molar-refractivity contribution in [2.45, 2.75) is 26.4 Å². The monoisotopic (exact) mass is 325 g/mol. The molecule has 3 N–H and O–H groups in total. The van der Waals surface area contributed by atoms with Crippen LogP contribution in [0, 0.1) is 10.1 Å². The molecule has 0 radical (unpaired) electrons. The zero-order valence-electron chi connectivity index (χ0n) is 13.1. The van der Waals surface area contributed by atoms with E-state index in [4.69, 9.17) is 4.74 Å². The average molecular weight is 325 g/mol. The highest BCUT2D eigenvalue weighted by Gasteiger charge is 2.17. The lowest BCUT2D eigenvalue weighted by Gasteiger charge is -2.19. The second-order valence-corrected chi connectivity index (χ2v) is 5.64. The summed E-state index contributed by atoms with van der Waals surface area (Å²) in [5.74, 6) is -1.05. The predicted octanol–water partition coefficient (Wildman–Crippen LogP) is 1.55. The number of hydrogen-bond acceptors (Lipinski definition) is 6. The van der Waals surface area contributed by atoms with Crippen LogP contribution in [-0.2, 0) is 4.74 Å². The number of alkyl carbamates (subject to hydrolysis) is 1. The smallest absolute Gasteiger partial charge is 0.407 e. The van der Waals surface area contributed by atoms with Crippen molar-refractivity contribution in [1.29, 1.82) is 0 Å². The minimum Gasteiger partial charge on any atom is -0.507 e. The van der Waals surface area contributed by atoms with Gasteiger partial charge in [0.05, 0.1) is 10.5 Å². The molecule has 0 saturated heterocycles. The number of carbonyl (C=O) groups excluding carboxylic acids is 2. The summed E-state index contributed by atoms with van der Waals surface area (Å²) in [7, 11) is 0. The molecule has 0 unspecified atom stereocenters. The van der Waals surface area contributed by atoms with Gasteiger partial charge < -0.3 is 20.5 Å². The van der Waals surface area contributed by atoms with Crippen LogP contribution in [0.1, 0.15) is 31.1 Å². The molecule has 0 spiro atoms. The lowest BCUT2D eigenvalue weighted by atomic mass is 10.1. The fourth-order valence-corrected chi connectivity index (χ4v) is 1.57. The van der Waals surface area contributed by atoms with E-state index >= 15 is 0 Å². The van der Waals surface area contributed by atoms with Crippen molar-refractivity contribution < 1.29 is 24.4 Å². The van der Waals surface area contributed by atoms with Crippen LogP contribution < -0.4 is 10.6 Å². The van der Waals surface area contributed by atoms with Crippen LogP contribution in [0.25, 0.3) is 0 Å². The Kier molecular flexibility index (Phi) is 5.88. The molecular weight excluding hydrogens is 306 g/mol. The third kappa shape index (κ3) is 6.20. The second kappa shape index (κ2) is 7.43. The number of hydrogen-bond donors (Lipinski definition) is 3. The standard InChI is InChI=1S/C14H19N3O6/c1-14(2,3)23-13(20)16-7-6-15-12(19)10-8-9(17(21)22)4-5-11(10)18/h4-5,8,18H,6-7H2,1-3H3,(H,15,19)(H,16,20). The first kappa shape index (κ1) is 18.2. The van der Waals surface area contributed by atoms with Crippen molar-refractivity contribution in [2.24, 2.45) is 0 Å². The first-order chi connectivity index (χ1) is 10.6. The quantitative estimate of drug-likeness (QED) is 0.428. The molecule has 0 atom stereocenters. The second-order valence-electron chi connectivity index (χ2n) is 5.64. The van der Waals surface area contributed by atoms with E-state index in [9.17, 15) is 24.8 Å². The van der Waals surface area contributed by atoms with Gasteiger partial charge in [0.25, 0.3) is 11.6 Å². The van der Waals surface area contributed by atoms with E-state index in [0.717, 1.165) is 18.2 Å². The lowest BCUT2D eigenvalue weighted by Crippen LogP contribution is -2.37. The van der Waals surface area contributed by atoms with Crippen molar-refractivity contribution in [1.82, 2.24) is 10.6 Å². The minimum absolute atomic E-state index is 0.0697. The van der Waals surface area contributed by atoms with E-state index in [-0.39, 0.29) is 30.1 Å². The number of phenolic OH excluding ortho intramolecular Hbond substituents is 1. The van der Waals surface area contributed by atoms with Gasteiger partial charge in [0.2, 0.25) is 0 Å². The topological polar surface area (TPSA) is 131 Å². The van der Waals surface area contributed by atoms with E-state index in [1.165, 1.54) is 0 Å². The molecule has 0 aliphatic heterocycles. The van der Waals surface area contributed by atoms with Crippen molar-refractivity contribution in [3.05, 3.63) is 33.9 Å². The molecule has 9 nitrogen and oxygen atoms in total. The molecule has 9 heteroatoms. The van der Waals surface area contributed by atoms with Gasteiger partial charge in [-0.2, -0.15) is 0 Å². The summed E-state index contributed by atoms with van der Waals surface area (Å²) in [6.07, 6.45) is -0.620. The van der Waals surface area contributed by atoms with Gasteiger partial charge in [-0.05, 0) is 26.8 Å². The summed E-state index contributed by atoms with van der Waals surface area (Å²) in [6, 6.07) is 3.15. The fourth-order valence-electron chi connectivity index (χ4n) is 1.57. The lowest BCUT2D eigenvalue weighted by molar-refractivity contribution is -0.384. The Labute approximate surface area is 132 Å². The van der Waals surface area contributed by atoms with Gasteiger partial charge in [-0.15, -0.1) is 0 Å². The largest absolute Gasteiger partial charge is 0.507 e. The van der Waals surface area contributed by atoms with E-state index in [0.29, 0.717) is 0 Å². The number of nitrogens with one attached hydrogen (secondary N) is 2. The molecule has 0 aliphatic rings. The normalized spacial score (nSPS) is 10.7. The number of nitro benzene ring substituents is 1. The van der Waals surface area contributed by atoms with Crippen molar-refractivity contribution >= 4 is 17.7 Å². The third-order valence-corrected chi connectivity index (χ3v) is 2.51. The van der Waals surface area contributed by atoms with E-state index in [2.05, 4.69) is 10.6 Å². The van der Waals surface area contributed by atoms with Crippen molar-refractivity contribution in [2.75, 3.05) is 13.1 Å². The summed E-state index contributed by atoms with van der Waals surface area (Å²) in [6.45, 7) is 5.34. The number of rotatable bonds is 5. The van der Waals surface area contributed by atoms with E-state index in [1.807, 2.05) is 0 Å². The van der Waals surface area contributed by atoms with E-state index in [1.54, 1.807) is 20.8 Å². The van der Waals surface area contributed by atoms with Gasteiger partial charge >= 0.3 is 6.09 Å². The van der Waals surface area contributed by atoms with Crippen LogP contribution >= 0.6 is 0 Å². The van der Waals surface area contributed by atoms with Gasteiger partial charge in [0.15, 0.2) is 0 Å². The van der Waals surface area contributed by atoms with Crippen molar-refractivity contribution in [3.63, 3.8) is 0 Å². The molecule has 0 bridgehead atoms. The molecule has 0 saturated carbocycles. The molecule has 0 heterocycles. The maximum atomic E-state index is 11.9. The van der Waals surface area contributed by atoms with Crippen LogP contribution in [-0.4, -0.2) is 40.7 Å². The Hall–Kier alpha value is -2.84. The number of aromatic hydroxyl groups is 1. The fraction of sp³-hybridized carbons (Fsp3) is 0.429. The van der Waals surface area contributed by atoms with Gasteiger partial charge in [0.1, 0.15) is 11.4 Å². The average Bonchev–Trinajstić information content (AvgIpc) is 2.41. The van der Waals surface area contributed by atoms with Gasteiger partial charge in [-0.3, -0.25) is 14.9 Å². The number of ether oxygens (including phenoxy) is 1. The zero-order chi connectivity index (χ0) is 17.6. The summed E-state index contributed by atoms with van der Waals surface area (Å²) in [5, 5.41) is 25.1. The molecule has 1 aromatic carbocycles. The van der Waals surface area contributed by atoms with Crippen LogP contribution in [0.5, 0.6) is 5.75 Å². The molecule has 1 aromatic rings. The number of nitro groups is 1. The summed E-state index contributed by atoms with van der Waals surface area (Å²) in [5.41, 5.74) is -1.14. The first-order valence-electron chi connectivity index (χ1n) is 6.82. The van der Waals surface area contributed by atoms with Crippen LogP contribution in [0.15, 0.2) is 18.2 Å². The highest BCUT2D eigenvalue weighted by atomic mass is 16.6. The van der Waals surface area contributed by atoms with Crippen molar-refractivity contribution in [3.8, 4) is 5.75 Å². The van der Waals surface area contributed by atoms with Crippen LogP contribution in [0.2, 0.25) is 0 Å². The Morgan fingerprint density at radius 2 is 1.87 bits per heavy atom. The first-order valence-corrected chi connectivity index (χ1v) is 6.82. The molecule has 126 valence electrons. The summed E-state index contributed by atoms with van der Waals surface area (Å²) >= 11 is 0. The molecule has 0 fully saturated rings. The molecule has 1 rings (SSSR count). The summed E-state index contributed by atoms with van der Waals surface area (Å²) in [4.78, 5) is 33.3. The number of nitrogens with zero attached hydrogens (tertiary/aromatic N) is 1. The third-order valence-electron chi connectivity index (χ3n) is 2.51. The molecule has 2 amide bonds. The van der Waals surface area contributed by atoms with Gasteiger partial charge in [-0.25, -0.2) is 4.79 Å².